The number of nitrogens with zero attached hydrogens (tertiary/aromatic N) is 1. The highest BCUT2D eigenvalue weighted by atomic mass is 35.5. The van der Waals surface area contributed by atoms with Crippen LogP contribution in [0.1, 0.15) is 4.88 Å². The van der Waals surface area contributed by atoms with E-state index in [9.17, 15) is 18.5 Å². The van der Waals surface area contributed by atoms with Gasteiger partial charge in [-0.15, -0.1) is 11.3 Å². The van der Waals surface area contributed by atoms with Gasteiger partial charge in [0.15, 0.2) is 5.00 Å². The Hall–Kier alpha value is -1.24. The van der Waals surface area contributed by atoms with Crippen molar-refractivity contribution in [2.24, 2.45) is 5.84 Å². The number of nitro groups is 1. The lowest BCUT2D eigenvalue weighted by molar-refractivity contribution is -0.383. The van der Waals surface area contributed by atoms with Crippen LogP contribution in [0.15, 0.2) is 22.4 Å². The molecular formula is C9H9ClN4O4S3. The van der Waals surface area contributed by atoms with E-state index >= 15 is 0 Å². The molecular weight excluding hydrogens is 360 g/mol. The van der Waals surface area contributed by atoms with Gasteiger partial charge in [0.2, 0.25) is 0 Å². The quantitative estimate of drug-likeness (QED) is 0.407. The van der Waals surface area contributed by atoms with Gasteiger partial charge in [0, 0.05) is 17.5 Å². The van der Waals surface area contributed by atoms with Gasteiger partial charge in [-0.3, -0.25) is 10.1 Å². The zero-order chi connectivity index (χ0) is 15.6. The van der Waals surface area contributed by atoms with Crippen molar-refractivity contribution in [1.82, 2.24) is 4.72 Å². The van der Waals surface area contributed by atoms with Crippen LogP contribution in [0.25, 0.3) is 0 Å². The molecule has 0 aromatic carbocycles. The van der Waals surface area contributed by atoms with E-state index in [4.69, 9.17) is 17.4 Å². The Bertz CT molecular complexity index is 770. The van der Waals surface area contributed by atoms with Gasteiger partial charge in [-0.25, -0.2) is 19.0 Å². The molecule has 4 N–H and O–H groups in total. The molecule has 12 heteroatoms. The van der Waals surface area contributed by atoms with Crippen LogP contribution in [-0.4, -0.2) is 13.3 Å². The number of hydrogen-bond donors (Lipinski definition) is 3. The van der Waals surface area contributed by atoms with E-state index < -0.39 is 14.9 Å². The molecule has 0 fully saturated rings. The summed E-state index contributed by atoms with van der Waals surface area (Å²) >= 11 is 7.68. The minimum Gasteiger partial charge on any atom is -0.310 e. The van der Waals surface area contributed by atoms with Gasteiger partial charge in [0.25, 0.3) is 10.0 Å². The summed E-state index contributed by atoms with van der Waals surface area (Å²) in [6.07, 6.45) is 0. The minimum atomic E-state index is -3.86. The predicted molar refractivity (Wildman–Crippen MR) is 82.1 cm³/mol. The van der Waals surface area contributed by atoms with Gasteiger partial charge in [-0.2, -0.15) is 0 Å². The van der Waals surface area contributed by atoms with Crippen LogP contribution in [0.3, 0.4) is 0 Å². The summed E-state index contributed by atoms with van der Waals surface area (Å²) in [5.74, 6) is 5.14. The summed E-state index contributed by atoms with van der Waals surface area (Å²) in [5.41, 5.74) is 1.73. The van der Waals surface area contributed by atoms with Gasteiger partial charge < -0.3 is 5.43 Å². The van der Waals surface area contributed by atoms with Crippen molar-refractivity contribution in [2.45, 2.75) is 10.8 Å². The summed E-state index contributed by atoms with van der Waals surface area (Å²) in [7, 11) is -3.86. The first-order chi connectivity index (χ1) is 9.83. The first-order valence-electron chi connectivity index (χ1n) is 5.32. The molecule has 0 bridgehead atoms. The molecule has 2 aromatic heterocycles. The topological polar surface area (TPSA) is 127 Å². The molecule has 2 rings (SSSR count). The number of sulfonamides is 1. The number of anilines is 1. The molecule has 2 aromatic rings. The van der Waals surface area contributed by atoms with Crippen molar-refractivity contribution >= 4 is 55.0 Å². The second kappa shape index (κ2) is 6.25. The Morgan fingerprint density at radius 3 is 2.57 bits per heavy atom. The second-order valence-electron chi connectivity index (χ2n) is 3.71. The molecule has 0 saturated heterocycles. The van der Waals surface area contributed by atoms with E-state index in [0.717, 1.165) is 10.9 Å². The van der Waals surface area contributed by atoms with Gasteiger partial charge >= 0.3 is 5.69 Å². The predicted octanol–water partition coefficient (Wildman–Crippen LogP) is 2.14. The van der Waals surface area contributed by atoms with Crippen molar-refractivity contribution in [3.05, 3.63) is 37.5 Å². The first kappa shape index (κ1) is 16.1. The van der Waals surface area contributed by atoms with Crippen molar-refractivity contribution < 1.29 is 13.3 Å². The van der Waals surface area contributed by atoms with Crippen LogP contribution >= 0.6 is 34.3 Å². The monoisotopic (exact) mass is 368 g/mol. The molecule has 0 atom stereocenters. The van der Waals surface area contributed by atoms with Crippen LogP contribution in [-0.2, 0) is 16.6 Å². The lowest BCUT2D eigenvalue weighted by Gasteiger charge is -2.02. The Labute approximate surface area is 132 Å². The van der Waals surface area contributed by atoms with E-state index in [2.05, 4.69) is 10.1 Å². The highest BCUT2D eigenvalue weighted by Gasteiger charge is 2.25. The molecule has 0 aliphatic heterocycles. The third-order valence-electron chi connectivity index (χ3n) is 2.35. The standard InChI is InChI=1S/C9H9ClN4O4S3/c10-7-2-1-5(19-7)4-12-21(17,18)8-3-6(14(15)16)9(13-11)20-8/h1-3,12-13H,4,11H2. The molecule has 0 aliphatic carbocycles. The Kier molecular flexibility index (Phi) is 4.81. The first-order valence-corrected chi connectivity index (χ1v) is 8.81. The molecule has 0 radical (unpaired) electrons. The number of halogens is 1. The molecule has 0 unspecified atom stereocenters. The van der Waals surface area contributed by atoms with Crippen LogP contribution in [0.4, 0.5) is 10.7 Å². The van der Waals surface area contributed by atoms with Gasteiger partial charge in [-0.1, -0.05) is 22.9 Å². The Morgan fingerprint density at radius 1 is 1.38 bits per heavy atom. The maximum atomic E-state index is 12.1. The molecule has 21 heavy (non-hydrogen) atoms. The SMILES string of the molecule is NNc1sc(S(=O)(=O)NCc2ccc(Cl)s2)cc1[N+](=O)[O-]. The number of hydrazine groups is 1. The average Bonchev–Trinajstić information content (AvgIpc) is 3.02. The fourth-order valence-electron chi connectivity index (χ4n) is 1.41. The van der Waals surface area contributed by atoms with E-state index in [0.29, 0.717) is 15.7 Å². The number of rotatable bonds is 6. The van der Waals surface area contributed by atoms with E-state index in [1.165, 1.54) is 11.3 Å². The van der Waals surface area contributed by atoms with Crippen LogP contribution in [0.5, 0.6) is 0 Å². The smallest absolute Gasteiger partial charge is 0.306 e. The summed E-state index contributed by atoms with van der Waals surface area (Å²) in [4.78, 5) is 10.8. The second-order valence-corrected chi connectivity index (χ2v) is 8.56. The molecule has 2 heterocycles. The molecule has 114 valence electrons. The average molecular weight is 369 g/mol. The van der Waals surface area contributed by atoms with E-state index in [1.54, 1.807) is 12.1 Å². The largest absolute Gasteiger partial charge is 0.310 e. The van der Waals surface area contributed by atoms with Gasteiger partial charge in [0.05, 0.1) is 9.26 Å². The highest BCUT2D eigenvalue weighted by Crippen LogP contribution is 2.36. The summed E-state index contributed by atoms with van der Waals surface area (Å²) in [6.45, 7) is 0.0524. The Morgan fingerprint density at radius 2 is 2.10 bits per heavy atom. The third-order valence-corrected chi connectivity index (χ3v) is 6.51. The maximum Gasteiger partial charge on any atom is 0.306 e. The normalized spacial score (nSPS) is 11.5. The highest BCUT2D eigenvalue weighted by molar-refractivity contribution is 7.91. The zero-order valence-corrected chi connectivity index (χ0v) is 13.4. The fourth-order valence-corrected chi connectivity index (χ4v) is 4.82. The van der Waals surface area contributed by atoms with Gasteiger partial charge in [0.1, 0.15) is 4.21 Å². The maximum absolute atomic E-state index is 12.1. The summed E-state index contributed by atoms with van der Waals surface area (Å²) in [5, 5.41) is 10.8. The van der Waals surface area contributed by atoms with Crippen LogP contribution < -0.4 is 16.0 Å². The number of nitrogens with one attached hydrogen (secondary N) is 2. The summed E-state index contributed by atoms with van der Waals surface area (Å²) < 4.78 is 26.9. The lowest BCUT2D eigenvalue weighted by atomic mass is 10.5. The number of nitrogen functional groups attached to an aromatic ring is 1. The van der Waals surface area contributed by atoms with Crippen molar-refractivity contribution in [3.63, 3.8) is 0 Å². The van der Waals surface area contributed by atoms with Crippen LogP contribution in [0, 0.1) is 10.1 Å². The van der Waals surface area contributed by atoms with Gasteiger partial charge in [-0.05, 0) is 12.1 Å². The molecule has 8 nitrogen and oxygen atoms in total. The molecule has 0 saturated carbocycles. The third kappa shape index (κ3) is 3.70. The van der Waals surface area contributed by atoms with E-state index in [1.807, 2.05) is 0 Å². The number of thiophene rings is 2. The van der Waals surface area contributed by atoms with Crippen molar-refractivity contribution in [1.29, 1.82) is 0 Å². The van der Waals surface area contributed by atoms with E-state index in [-0.39, 0.29) is 21.4 Å². The van der Waals surface area contributed by atoms with Crippen LogP contribution in [0.2, 0.25) is 4.34 Å². The summed E-state index contributed by atoms with van der Waals surface area (Å²) in [6, 6.07) is 4.31. The van der Waals surface area contributed by atoms with Crippen molar-refractivity contribution in [3.8, 4) is 0 Å². The van der Waals surface area contributed by atoms with Crippen molar-refractivity contribution in [2.75, 3.05) is 5.43 Å². The Balaban J connectivity index is 2.21. The number of hydrogen-bond acceptors (Lipinski definition) is 8. The minimum absolute atomic E-state index is 0.0282. The molecule has 0 spiro atoms. The number of nitrogens with two attached hydrogens (primary N) is 1. The lowest BCUT2D eigenvalue weighted by Crippen LogP contribution is -2.21. The zero-order valence-electron chi connectivity index (χ0n) is 10.2. The molecule has 0 aliphatic rings. The fraction of sp³-hybridized carbons (Fsp3) is 0.111. The molecule has 0 amide bonds.